The highest BCUT2D eigenvalue weighted by molar-refractivity contribution is 6.17. The van der Waals surface area contributed by atoms with Gasteiger partial charge in [-0.1, -0.05) is 133 Å². The molecule has 0 saturated heterocycles. The molecule has 9 aromatic carbocycles. The van der Waals surface area contributed by atoms with Crippen molar-refractivity contribution in [2.45, 2.75) is 0 Å². The minimum atomic E-state index is -0.758. The minimum Gasteiger partial charge on any atom is -0.456 e. The summed E-state index contributed by atoms with van der Waals surface area (Å²) in [6.45, 7) is 0. The first-order valence-corrected chi connectivity index (χ1v) is 17.8. The maximum absolute atomic E-state index is 10.1. The Morgan fingerprint density at radius 1 is 0.368 bits per heavy atom. The quantitative estimate of drug-likeness (QED) is 0.172. The molecule has 0 aliphatic rings. The number of furan rings is 1. The van der Waals surface area contributed by atoms with E-state index in [1.54, 1.807) is 16.7 Å². The summed E-state index contributed by atoms with van der Waals surface area (Å²) in [6.07, 6.45) is 0. The summed E-state index contributed by atoms with van der Waals surface area (Å²) in [5.74, 6) is 0. The van der Waals surface area contributed by atoms with Crippen molar-refractivity contribution in [3.63, 3.8) is 0 Å². The summed E-state index contributed by atoms with van der Waals surface area (Å²) in [5.41, 5.74) is -0.348. The van der Waals surface area contributed by atoms with E-state index in [9.17, 15) is 13.7 Å². The third kappa shape index (κ3) is 4.92. The summed E-state index contributed by atoms with van der Waals surface area (Å²) in [4.78, 5) is 0. The first kappa shape index (κ1) is 17.5. The van der Waals surface area contributed by atoms with Gasteiger partial charge < -0.3 is 13.6 Å². The molecule has 0 fully saturated rings. The van der Waals surface area contributed by atoms with Crippen LogP contribution in [0.5, 0.6) is 0 Å². The molecule has 12 aromatic rings. The first-order chi connectivity index (χ1) is 37.0. The molecule has 0 amide bonds. The standard InChI is InChI=1S/C54H34N2O/c1-3-12-35(13-4-1)37-22-26-40(27-23-37)55-49-20-10-8-17-44(49)54-42(18-11-21-51(54)55)39-24-29-50-45(33-39)43-16-7-9-19-48(43)56(50)41-28-31-53-47(34-41)46-32-38(25-30-52(46)57-53)36-14-5-2-6-15-36/h1-34H/i2D,5D,6D,7D,8D,9D,10D,11D,14D,15D,16D,19D,20D,21D,24D,25D,28D,30D,31D,32D,33D. The molecule has 266 valence electrons. The van der Waals surface area contributed by atoms with Gasteiger partial charge in [0.25, 0.3) is 0 Å². The number of hydrogen-bond acceptors (Lipinski definition) is 1. The van der Waals surface area contributed by atoms with Crippen LogP contribution in [0.15, 0.2) is 210 Å². The monoisotopic (exact) mass is 747 g/mol. The van der Waals surface area contributed by atoms with E-state index in [1.807, 2.05) is 42.5 Å². The molecule has 3 heterocycles. The summed E-state index contributed by atoms with van der Waals surface area (Å²) in [7, 11) is 0. The van der Waals surface area contributed by atoms with Crippen LogP contribution in [0.1, 0.15) is 28.8 Å². The normalized spacial score (nSPS) is 17.0. The van der Waals surface area contributed by atoms with Crippen LogP contribution in [0.4, 0.5) is 0 Å². The van der Waals surface area contributed by atoms with Crippen LogP contribution in [0.25, 0.3) is 110 Å². The summed E-state index contributed by atoms with van der Waals surface area (Å²) < 4.78 is 198. The van der Waals surface area contributed by atoms with Gasteiger partial charge in [0, 0.05) is 43.7 Å². The molecule has 0 N–H and O–H groups in total. The molecule has 0 spiro atoms. The third-order valence-corrected chi connectivity index (χ3v) is 10.2. The molecule has 0 radical (unpaired) electrons. The van der Waals surface area contributed by atoms with Crippen LogP contribution in [0.2, 0.25) is 0 Å². The Bertz CT molecular complexity index is 4710. The van der Waals surface area contributed by atoms with Crippen LogP contribution < -0.4 is 0 Å². The van der Waals surface area contributed by atoms with Gasteiger partial charge in [0.15, 0.2) is 0 Å². The average Bonchev–Trinajstić information content (AvgIpc) is 3.96. The lowest BCUT2D eigenvalue weighted by molar-refractivity contribution is 0.669. The van der Waals surface area contributed by atoms with Gasteiger partial charge in [-0.15, -0.1) is 0 Å². The molecule has 57 heavy (non-hydrogen) atoms. The lowest BCUT2D eigenvalue weighted by atomic mass is 9.98. The first-order valence-electron chi connectivity index (χ1n) is 28.3. The molecule has 0 aliphatic heterocycles. The van der Waals surface area contributed by atoms with Crippen molar-refractivity contribution in [3.05, 3.63) is 206 Å². The lowest BCUT2D eigenvalue weighted by Crippen LogP contribution is -1.94. The van der Waals surface area contributed by atoms with E-state index in [1.165, 1.54) is 28.8 Å². The zero-order chi connectivity index (χ0) is 55.7. The van der Waals surface area contributed by atoms with E-state index in [2.05, 4.69) is 0 Å². The summed E-state index contributed by atoms with van der Waals surface area (Å²) >= 11 is 0. The third-order valence-electron chi connectivity index (χ3n) is 10.2. The second kappa shape index (κ2) is 12.5. The predicted octanol–water partition coefficient (Wildman–Crippen LogP) is 14.8. The Morgan fingerprint density at radius 2 is 1.07 bits per heavy atom. The fourth-order valence-corrected chi connectivity index (χ4v) is 7.64. The minimum absolute atomic E-state index is 0.0181. The highest BCUT2D eigenvalue weighted by Crippen LogP contribution is 2.42. The van der Waals surface area contributed by atoms with Crippen LogP contribution in [-0.4, -0.2) is 9.13 Å². The van der Waals surface area contributed by atoms with Crippen molar-refractivity contribution in [2.24, 2.45) is 0 Å². The number of para-hydroxylation sites is 2. The Balaban J connectivity index is 1.18. The van der Waals surface area contributed by atoms with E-state index in [-0.39, 0.29) is 101 Å². The zero-order valence-corrected chi connectivity index (χ0v) is 29.3. The molecule has 0 atom stereocenters. The summed E-state index contributed by atoms with van der Waals surface area (Å²) in [6, 6.07) is 9.36. The van der Waals surface area contributed by atoms with Crippen LogP contribution >= 0.6 is 0 Å². The zero-order valence-electron chi connectivity index (χ0n) is 50.3. The number of benzene rings is 9. The van der Waals surface area contributed by atoms with Gasteiger partial charge in [-0.3, -0.25) is 0 Å². The smallest absolute Gasteiger partial charge is 0.135 e. The van der Waals surface area contributed by atoms with E-state index in [4.69, 9.17) is 19.5 Å². The molecule has 12 rings (SSSR count). The fourth-order valence-electron chi connectivity index (χ4n) is 7.64. The SMILES string of the molecule is [2H]c1cc2c3c(-c4c([2H])cc5c(c4[2H])c4c([2H])c([2H])c([2H])c([2H])c4n5-c4cc5c(oc6c([2H])c([2H])c(-c7c([2H])c([2H])c([2H])c([2H])c7[2H])c([2H])c65)c([2H])c4[2H])cc([2H])c([2H])c3n(-c3ccc(-c4ccccc4)cc3)c2c([2H])c1[2H]. The number of fused-ring (bicyclic) bond motifs is 9. The van der Waals surface area contributed by atoms with Crippen molar-refractivity contribution < 1.29 is 33.2 Å². The van der Waals surface area contributed by atoms with Gasteiger partial charge in [-0.05, 0) is 106 Å². The maximum Gasteiger partial charge on any atom is 0.135 e. The predicted molar refractivity (Wildman–Crippen MR) is 239 cm³/mol. The maximum atomic E-state index is 10.1. The Morgan fingerprint density at radius 3 is 1.95 bits per heavy atom. The number of nitrogens with zero attached hydrogens (tertiary/aromatic N) is 2. The van der Waals surface area contributed by atoms with Crippen molar-refractivity contribution in [1.29, 1.82) is 0 Å². The molecule has 0 bridgehead atoms. The number of hydrogen-bond donors (Lipinski definition) is 0. The van der Waals surface area contributed by atoms with Gasteiger partial charge in [0.05, 0.1) is 50.9 Å². The van der Waals surface area contributed by atoms with E-state index < -0.39 is 119 Å². The van der Waals surface area contributed by atoms with E-state index >= 15 is 0 Å². The Labute approximate surface area is 358 Å². The molecule has 3 aromatic heterocycles. The number of rotatable bonds is 5. The molecule has 0 unspecified atom stereocenters. The van der Waals surface area contributed by atoms with Gasteiger partial charge in [0.2, 0.25) is 0 Å². The Hall–Kier alpha value is -7.62. The second-order valence-corrected chi connectivity index (χ2v) is 13.3. The van der Waals surface area contributed by atoms with Crippen LogP contribution in [0.3, 0.4) is 0 Å². The van der Waals surface area contributed by atoms with Crippen molar-refractivity contribution in [2.75, 3.05) is 0 Å². The van der Waals surface area contributed by atoms with Crippen molar-refractivity contribution >= 4 is 65.6 Å². The van der Waals surface area contributed by atoms with Crippen molar-refractivity contribution in [1.82, 2.24) is 9.13 Å². The van der Waals surface area contributed by atoms with Gasteiger partial charge in [0.1, 0.15) is 11.2 Å². The highest BCUT2D eigenvalue weighted by atomic mass is 16.3. The second-order valence-electron chi connectivity index (χ2n) is 13.3. The number of aromatic nitrogens is 2. The molecule has 3 nitrogen and oxygen atoms in total. The van der Waals surface area contributed by atoms with Crippen LogP contribution in [-0.2, 0) is 0 Å². The Kier molecular flexibility index (Phi) is 3.81. The van der Waals surface area contributed by atoms with Gasteiger partial charge in [-0.2, -0.15) is 0 Å². The van der Waals surface area contributed by atoms with Gasteiger partial charge in [-0.25, -0.2) is 0 Å². The van der Waals surface area contributed by atoms with Gasteiger partial charge >= 0.3 is 0 Å². The molecule has 0 saturated carbocycles. The fraction of sp³-hybridized carbons (Fsp3) is 0. The lowest BCUT2D eigenvalue weighted by Gasteiger charge is -2.11. The average molecular weight is 748 g/mol. The molecular formula is C54H34N2O. The van der Waals surface area contributed by atoms with Crippen molar-refractivity contribution in [3.8, 4) is 44.8 Å². The van der Waals surface area contributed by atoms with E-state index in [0.717, 1.165) is 11.1 Å². The largest absolute Gasteiger partial charge is 0.456 e. The van der Waals surface area contributed by atoms with E-state index in [0.29, 0.717) is 5.69 Å². The van der Waals surface area contributed by atoms with Crippen LogP contribution in [0, 0.1) is 0 Å². The molecular weight excluding hydrogens is 693 g/mol. The highest BCUT2D eigenvalue weighted by Gasteiger charge is 2.19. The summed E-state index contributed by atoms with van der Waals surface area (Å²) in [5, 5.41) is -0.469. The molecule has 0 aliphatic carbocycles. The molecule has 3 heteroatoms. The topological polar surface area (TPSA) is 23.0 Å².